The van der Waals surface area contributed by atoms with E-state index in [2.05, 4.69) is 17.1 Å². The van der Waals surface area contributed by atoms with Crippen LogP contribution >= 0.6 is 0 Å². The third-order valence-electron chi connectivity index (χ3n) is 2.80. The molecule has 0 saturated carbocycles. The van der Waals surface area contributed by atoms with Gasteiger partial charge in [-0.15, -0.1) is 0 Å². The zero-order valence-corrected chi connectivity index (χ0v) is 10.5. The van der Waals surface area contributed by atoms with Crippen molar-refractivity contribution in [2.45, 2.75) is 19.8 Å². The predicted octanol–water partition coefficient (Wildman–Crippen LogP) is 2.76. The second-order valence-corrected chi connectivity index (χ2v) is 4.06. The molecule has 3 N–H and O–H groups in total. The maximum Gasteiger partial charge on any atom is 0.153 e. The van der Waals surface area contributed by atoms with Crippen LogP contribution in [0.25, 0.3) is 11.1 Å². The van der Waals surface area contributed by atoms with Crippen LogP contribution in [0.1, 0.15) is 19.0 Å². The van der Waals surface area contributed by atoms with Crippen LogP contribution in [0.5, 0.6) is 5.75 Å². The largest absolute Gasteiger partial charge is 0.496 e. The number of methoxy groups -OCH3 is 1. The Morgan fingerprint density at radius 1 is 1.44 bits per heavy atom. The highest BCUT2D eigenvalue weighted by Gasteiger charge is 2.17. The minimum Gasteiger partial charge on any atom is -0.496 e. The Balaban J connectivity index is 2.60. The number of benzene rings is 1. The van der Waals surface area contributed by atoms with Crippen LogP contribution in [0.2, 0.25) is 0 Å². The molecule has 0 unspecified atom stereocenters. The molecule has 1 aromatic carbocycles. The number of hydrogen-bond donors (Lipinski definition) is 2. The lowest BCUT2D eigenvalue weighted by molar-refractivity contribution is 0.415. The van der Waals surface area contributed by atoms with E-state index in [4.69, 9.17) is 10.5 Å². The van der Waals surface area contributed by atoms with E-state index in [-0.39, 0.29) is 5.82 Å². The number of aryl methyl sites for hydroxylation is 1. The van der Waals surface area contributed by atoms with E-state index in [1.54, 1.807) is 13.2 Å². The Morgan fingerprint density at radius 3 is 2.89 bits per heavy atom. The van der Waals surface area contributed by atoms with Gasteiger partial charge in [0.25, 0.3) is 0 Å². The molecule has 0 aliphatic heterocycles. The summed E-state index contributed by atoms with van der Waals surface area (Å²) in [6.45, 7) is 2.06. The van der Waals surface area contributed by atoms with Crippen molar-refractivity contribution in [1.82, 2.24) is 10.2 Å². The zero-order chi connectivity index (χ0) is 13.1. The fourth-order valence-corrected chi connectivity index (χ4v) is 2.00. The maximum atomic E-state index is 13.4. The molecule has 1 heterocycles. The summed E-state index contributed by atoms with van der Waals surface area (Å²) >= 11 is 0. The summed E-state index contributed by atoms with van der Waals surface area (Å²) in [7, 11) is 1.55. The number of nitrogens with two attached hydrogens (primary N) is 1. The van der Waals surface area contributed by atoms with E-state index >= 15 is 0 Å². The number of anilines is 1. The van der Waals surface area contributed by atoms with E-state index < -0.39 is 0 Å². The predicted molar refractivity (Wildman–Crippen MR) is 68.9 cm³/mol. The van der Waals surface area contributed by atoms with E-state index in [0.29, 0.717) is 17.1 Å². The second kappa shape index (κ2) is 5.08. The molecule has 0 spiro atoms. The zero-order valence-electron chi connectivity index (χ0n) is 10.5. The van der Waals surface area contributed by atoms with Crippen LogP contribution in [0, 0.1) is 5.82 Å². The average molecular weight is 249 g/mol. The number of aromatic amines is 1. The smallest absolute Gasteiger partial charge is 0.153 e. The fourth-order valence-electron chi connectivity index (χ4n) is 2.00. The van der Waals surface area contributed by atoms with Gasteiger partial charge in [-0.25, -0.2) is 4.39 Å². The first-order chi connectivity index (χ1) is 8.67. The monoisotopic (exact) mass is 249 g/mol. The summed E-state index contributed by atoms with van der Waals surface area (Å²) in [5.74, 6) is 0.623. The standard InChI is InChI=1S/C13H16FN3O/c1-3-4-10-12(13(15)17-16-10)9-7-8(14)5-6-11(9)18-2/h5-7H,3-4H2,1-2H3,(H3,15,16,17). The lowest BCUT2D eigenvalue weighted by Crippen LogP contribution is -1.95. The van der Waals surface area contributed by atoms with Crippen LogP contribution in [0.3, 0.4) is 0 Å². The molecule has 0 radical (unpaired) electrons. The number of ether oxygens (including phenoxy) is 1. The third kappa shape index (κ3) is 2.16. The lowest BCUT2D eigenvalue weighted by atomic mass is 10.0. The number of nitrogens with zero attached hydrogens (tertiary/aromatic N) is 1. The highest BCUT2D eigenvalue weighted by molar-refractivity contribution is 5.80. The molecule has 0 atom stereocenters. The van der Waals surface area contributed by atoms with Crippen molar-refractivity contribution in [3.05, 3.63) is 29.7 Å². The van der Waals surface area contributed by atoms with E-state index in [0.717, 1.165) is 24.1 Å². The SMILES string of the molecule is CCCc1[nH]nc(N)c1-c1cc(F)ccc1OC. The number of nitrogen functional groups attached to an aromatic ring is 1. The molecule has 0 saturated heterocycles. The minimum atomic E-state index is -0.325. The average Bonchev–Trinajstić information content (AvgIpc) is 2.71. The molecular weight excluding hydrogens is 233 g/mol. The van der Waals surface area contributed by atoms with Crippen LogP contribution in [-0.2, 0) is 6.42 Å². The van der Waals surface area contributed by atoms with Gasteiger partial charge >= 0.3 is 0 Å². The molecule has 0 bridgehead atoms. The highest BCUT2D eigenvalue weighted by Crippen LogP contribution is 2.36. The maximum absolute atomic E-state index is 13.4. The number of hydrogen-bond acceptors (Lipinski definition) is 3. The molecular formula is C13H16FN3O. The summed E-state index contributed by atoms with van der Waals surface area (Å²) in [6, 6.07) is 4.37. The molecule has 0 amide bonds. The summed E-state index contributed by atoms with van der Waals surface area (Å²) in [5, 5.41) is 6.88. The van der Waals surface area contributed by atoms with Crippen molar-refractivity contribution >= 4 is 5.82 Å². The van der Waals surface area contributed by atoms with Crippen molar-refractivity contribution in [2.75, 3.05) is 12.8 Å². The topological polar surface area (TPSA) is 63.9 Å². The summed E-state index contributed by atoms with van der Waals surface area (Å²) in [6.07, 6.45) is 1.76. The van der Waals surface area contributed by atoms with E-state index in [1.165, 1.54) is 12.1 Å². The van der Waals surface area contributed by atoms with Gasteiger partial charge in [0.05, 0.1) is 12.7 Å². The van der Waals surface area contributed by atoms with Gasteiger partial charge in [0.2, 0.25) is 0 Å². The first kappa shape index (κ1) is 12.4. The molecule has 5 heteroatoms. The van der Waals surface area contributed by atoms with Crippen molar-refractivity contribution < 1.29 is 9.13 Å². The van der Waals surface area contributed by atoms with Gasteiger partial charge < -0.3 is 10.5 Å². The van der Waals surface area contributed by atoms with Crippen LogP contribution in [0.4, 0.5) is 10.2 Å². The van der Waals surface area contributed by atoms with Gasteiger partial charge in [0, 0.05) is 11.3 Å². The molecule has 4 nitrogen and oxygen atoms in total. The minimum absolute atomic E-state index is 0.325. The Labute approximate surface area is 105 Å². The van der Waals surface area contributed by atoms with Crippen molar-refractivity contribution in [3.63, 3.8) is 0 Å². The van der Waals surface area contributed by atoms with Gasteiger partial charge in [-0.05, 0) is 24.6 Å². The summed E-state index contributed by atoms with van der Waals surface area (Å²) in [5.41, 5.74) is 8.12. The van der Waals surface area contributed by atoms with Gasteiger partial charge in [-0.2, -0.15) is 5.10 Å². The number of nitrogens with one attached hydrogen (secondary N) is 1. The Kier molecular flexibility index (Phi) is 3.50. The normalized spacial score (nSPS) is 10.6. The molecule has 0 aliphatic rings. The molecule has 96 valence electrons. The van der Waals surface area contributed by atoms with E-state index in [9.17, 15) is 4.39 Å². The second-order valence-electron chi connectivity index (χ2n) is 4.06. The van der Waals surface area contributed by atoms with E-state index in [1.807, 2.05) is 0 Å². The van der Waals surface area contributed by atoms with Gasteiger partial charge in [0.1, 0.15) is 11.6 Å². The number of halogens is 1. The van der Waals surface area contributed by atoms with Crippen molar-refractivity contribution in [2.24, 2.45) is 0 Å². The number of aromatic nitrogens is 2. The first-order valence-corrected chi connectivity index (χ1v) is 5.84. The van der Waals surface area contributed by atoms with Gasteiger partial charge in [-0.1, -0.05) is 13.3 Å². The van der Waals surface area contributed by atoms with Crippen molar-refractivity contribution in [1.29, 1.82) is 0 Å². The molecule has 18 heavy (non-hydrogen) atoms. The van der Waals surface area contributed by atoms with Gasteiger partial charge in [0.15, 0.2) is 5.82 Å². The molecule has 0 fully saturated rings. The summed E-state index contributed by atoms with van der Waals surface area (Å²) < 4.78 is 18.6. The van der Waals surface area contributed by atoms with Crippen LogP contribution in [-0.4, -0.2) is 17.3 Å². The molecule has 2 rings (SSSR count). The highest BCUT2D eigenvalue weighted by atomic mass is 19.1. The van der Waals surface area contributed by atoms with Crippen molar-refractivity contribution in [3.8, 4) is 16.9 Å². The van der Waals surface area contributed by atoms with Crippen LogP contribution in [0.15, 0.2) is 18.2 Å². The summed E-state index contributed by atoms with van der Waals surface area (Å²) in [4.78, 5) is 0. The Bertz CT molecular complexity index is 551. The number of rotatable bonds is 4. The third-order valence-corrected chi connectivity index (χ3v) is 2.80. The first-order valence-electron chi connectivity index (χ1n) is 5.84. The van der Waals surface area contributed by atoms with Gasteiger partial charge in [-0.3, -0.25) is 5.10 Å². The number of H-pyrrole nitrogens is 1. The fraction of sp³-hybridized carbons (Fsp3) is 0.308. The van der Waals surface area contributed by atoms with Crippen LogP contribution < -0.4 is 10.5 Å². The Morgan fingerprint density at radius 2 is 2.22 bits per heavy atom. The Hall–Kier alpha value is -2.04. The molecule has 0 aliphatic carbocycles. The lowest BCUT2D eigenvalue weighted by Gasteiger charge is -2.09. The quantitative estimate of drug-likeness (QED) is 0.875. The molecule has 2 aromatic rings. The molecule has 1 aromatic heterocycles.